The predicted molar refractivity (Wildman–Crippen MR) is 148 cm³/mol. The molecule has 0 aliphatic carbocycles. The molecule has 10 heteroatoms. The van der Waals surface area contributed by atoms with E-state index in [1.165, 1.54) is 37.6 Å². The molecule has 0 saturated heterocycles. The molecule has 38 heavy (non-hydrogen) atoms. The normalized spacial score (nSPS) is 11.2. The molecule has 8 nitrogen and oxygen atoms in total. The largest absolute Gasteiger partial charge is 0.493 e. The maximum Gasteiger partial charge on any atom is 0.271 e. The smallest absolute Gasteiger partial charge is 0.271 e. The molecule has 0 saturated carbocycles. The number of hydrogen-bond donors (Lipinski definition) is 2. The molecule has 4 aromatic carbocycles. The Kier molecular flexibility index (Phi) is 8.62. The number of ether oxygens (including phenoxy) is 2. The number of nitrogens with zero attached hydrogens (tertiary/aromatic N) is 1. The Morgan fingerprint density at radius 2 is 1.68 bits per heavy atom. The summed E-state index contributed by atoms with van der Waals surface area (Å²) in [4.78, 5) is 12.5. The first kappa shape index (κ1) is 26.7. The number of amides is 1. The lowest BCUT2D eigenvalue weighted by Gasteiger charge is -2.11. The number of carbonyl (C=O) groups is 1. The average molecular weight is 550 g/mol. The number of benzene rings is 4. The van der Waals surface area contributed by atoms with Crippen LogP contribution in [0.4, 0.5) is 5.69 Å². The molecule has 0 aliphatic heterocycles. The minimum Gasteiger partial charge on any atom is -0.493 e. The van der Waals surface area contributed by atoms with Gasteiger partial charge < -0.3 is 9.47 Å². The van der Waals surface area contributed by atoms with E-state index in [1.807, 2.05) is 30.3 Å². The number of hydrogen-bond acceptors (Lipinski definition) is 6. The van der Waals surface area contributed by atoms with Gasteiger partial charge >= 0.3 is 0 Å². The van der Waals surface area contributed by atoms with E-state index in [-0.39, 0.29) is 21.2 Å². The maximum atomic E-state index is 12.8. The van der Waals surface area contributed by atoms with Crippen molar-refractivity contribution in [2.24, 2.45) is 5.10 Å². The number of hydrazone groups is 1. The molecule has 1 amide bonds. The van der Waals surface area contributed by atoms with Gasteiger partial charge in [0.05, 0.1) is 28.9 Å². The molecular formula is C28H24ClN3O5S. The molecule has 0 atom stereocenters. The van der Waals surface area contributed by atoms with E-state index in [4.69, 9.17) is 21.1 Å². The molecule has 194 valence electrons. The van der Waals surface area contributed by atoms with Crippen molar-refractivity contribution in [1.29, 1.82) is 0 Å². The number of nitrogens with one attached hydrogen (secondary N) is 2. The van der Waals surface area contributed by atoms with E-state index in [0.717, 1.165) is 5.56 Å². The number of para-hydroxylation sites is 1. The fourth-order valence-corrected chi connectivity index (χ4v) is 4.77. The van der Waals surface area contributed by atoms with Crippen LogP contribution in [0.5, 0.6) is 11.5 Å². The van der Waals surface area contributed by atoms with E-state index in [0.29, 0.717) is 23.7 Å². The van der Waals surface area contributed by atoms with Gasteiger partial charge in [0.25, 0.3) is 15.9 Å². The van der Waals surface area contributed by atoms with E-state index >= 15 is 0 Å². The van der Waals surface area contributed by atoms with Gasteiger partial charge in [-0.15, -0.1) is 0 Å². The molecule has 0 aliphatic rings. The number of halogens is 1. The van der Waals surface area contributed by atoms with Crippen LogP contribution in [-0.4, -0.2) is 27.6 Å². The molecule has 0 unspecified atom stereocenters. The Morgan fingerprint density at radius 1 is 0.921 bits per heavy atom. The minimum atomic E-state index is -3.97. The van der Waals surface area contributed by atoms with Gasteiger partial charge in [-0.3, -0.25) is 9.52 Å². The first-order valence-corrected chi connectivity index (χ1v) is 13.3. The van der Waals surface area contributed by atoms with Crippen LogP contribution in [0.3, 0.4) is 0 Å². The predicted octanol–water partition coefficient (Wildman–Crippen LogP) is 5.49. The third-order valence-electron chi connectivity index (χ3n) is 5.33. The number of anilines is 1. The Hall–Kier alpha value is -4.34. The molecule has 0 spiro atoms. The summed E-state index contributed by atoms with van der Waals surface area (Å²) in [6.07, 6.45) is 1.45. The van der Waals surface area contributed by atoms with Crippen molar-refractivity contribution in [3.05, 3.63) is 119 Å². The summed E-state index contributed by atoms with van der Waals surface area (Å²) in [5.41, 5.74) is 4.45. The van der Waals surface area contributed by atoms with Crippen molar-refractivity contribution in [2.75, 3.05) is 11.8 Å². The lowest BCUT2D eigenvalue weighted by molar-refractivity contribution is 0.0955. The van der Waals surface area contributed by atoms with E-state index in [2.05, 4.69) is 15.2 Å². The lowest BCUT2D eigenvalue weighted by Crippen LogP contribution is -2.19. The Balaban J connectivity index is 1.40. The topological polar surface area (TPSA) is 106 Å². The van der Waals surface area contributed by atoms with Crippen LogP contribution in [0.2, 0.25) is 5.02 Å². The molecule has 0 aromatic heterocycles. The van der Waals surface area contributed by atoms with Crippen LogP contribution < -0.4 is 19.6 Å². The second-order valence-corrected chi connectivity index (χ2v) is 10.1. The number of methoxy groups -OCH3 is 1. The second-order valence-electron chi connectivity index (χ2n) is 8.00. The number of sulfonamides is 1. The summed E-state index contributed by atoms with van der Waals surface area (Å²) >= 11 is 6.05. The Bertz CT molecular complexity index is 1560. The van der Waals surface area contributed by atoms with Crippen molar-refractivity contribution < 1.29 is 22.7 Å². The molecular weight excluding hydrogens is 526 g/mol. The van der Waals surface area contributed by atoms with Crippen molar-refractivity contribution in [1.82, 2.24) is 5.43 Å². The molecule has 4 rings (SSSR count). The quantitative estimate of drug-likeness (QED) is 0.201. The van der Waals surface area contributed by atoms with Gasteiger partial charge in [-0.05, 0) is 59.7 Å². The average Bonchev–Trinajstić information content (AvgIpc) is 2.94. The molecule has 2 N–H and O–H groups in total. The second kappa shape index (κ2) is 12.3. The van der Waals surface area contributed by atoms with Crippen LogP contribution in [0.1, 0.15) is 21.5 Å². The van der Waals surface area contributed by atoms with Gasteiger partial charge in [0.2, 0.25) is 0 Å². The number of carbonyl (C=O) groups excluding carboxylic acids is 1. The highest BCUT2D eigenvalue weighted by Gasteiger charge is 2.17. The monoisotopic (exact) mass is 549 g/mol. The highest BCUT2D eigenvalue weighted by Crippen LogP contribution is 2.28. The van der Waals surface area contributed by atoms with Crippen molar-refractivity contribution in [3.8, 4) is 11.5 Å². The van der Waals surface area contributed by atoms with Crippen LogP contribution in [0.25, 0.3) is 0 Å². The molecule has 4 aromatic rings. The fraction of sp³-hybridized carbons (Fsp3) is 0.0714. The highest BCUT2D eigenvalue weighted by molar-refractivity contribution is 7.92. The van der Waals surface area contributed by atoms with Gasteiger partial charge in [0.15, 0.2) is 11.5 Å². The van der Waals surface area contributed by atoms with Gasteiger partial charge in [0, 0.05) is 5.56 Å². The molecule has 0 fully saturated rings. The maximum absolute atomic E-state index is 12.8. The third kappa shape index (κ3) is 6.90. The molecule has 0 heterocycles. The van der Waals surface area contributed by atoms with Crippen LogP contribution in [-0.2, 0) is 16.6 Å². The van der Waals surface area contributed by atoms with Crippen LogP contribution in [0.15, 0.2) is 107 Å². The molecule has 0 bridgehead atoms. The van der Waals surface area contributed by atoms with Gasteiger partial charge in [0.1, 0.15) is 6.61 Å². The summed E-state index contributed by atoms with van der Waals surface area (Å²) in [7, 11) is -2.43. The minimum absolute atomic E-state index is 0.0927. The zero-order valence-electron chi connectivity index (χ0n) is 20.3. The molecule has 0 radical (unpaired) electrons. The first-order chi connectivity index (χ1) is 18.4. The number of rotatable bonds is 10. The van der Waals surface area contributed by atoms with E-state index < -0.39 is 15.9 Å². The summed E-state index contributed by atoms with van der Waals surface area (Å²) in [5, 5.41) is 4.24. The van der Waals surface area contributed by atoms with Crippen molar-refractivity contribution in [3.63, 3.8) is 0 Å². The van der Waals surface area contributed by atoms with Gasteiger partial charge in [-0.1, -0.05) is 60.1 Å². The van der Waals surface area contributed by atoms with Crippen molar-refractivity contribution in [2.45, 2.75) is 11.5 Å². The van der Waals surface area contributed by atoms with Gasteiger partial charge in [-0.2, -0.15) is 5.10 Å². The zero-order valence-corrected chi connectivity index (χ0v) is 21.9. The Labute approximate surface area is 225 Å². The third-order valence-corrected chi connectivity index (χ3v) is 7.02. The van der Waals surface area contributed by atoms with E-state index in [9.17, 15) is 13.2 Å². The lowest BCUT2D eigenvalue weighted by atomic mass is 10.2. The fourth-order valence-electron chi connectivity index (χ4n) is 3.40. The van der Waals surface area contributed by atoms with Crippen LogP contribution in [0, 0.1) is 0 Å². The van der Waals surface area contributed by atoms with E-state index in [1.54, 1.807) is 42.5 Å². The zero-order chi connectivity index (χ0) is 27.0. The van der Waals surface area contributed by atoms with Crippen LogP contribution >= 0.6 is 11.6 Å². The summed E-state index contributed by atoms with van der Waals surface area (Å²) in [6, 6.07) is 27.1. The summed E-state index contributed by atoms with van der Waals surface area (Å²) in [5.74, 6) is 0.506. The summed E-state index contributed by atoms with van der Waals surface area (Å²) < 4.78 is 39.3. The highest BCUT2D eigenvalue weighted by atomic mass is 35.5. The standard InChI is InChI=1S/C28H24ClN3O5S/c1-36-27-16-21(14-15-26(27)37-19-20-8-3-2-4-9-20)18-30-31-28(33)22-10-7-11-23(17-22)38(34,35)32-25-13-6-5-12-24(25)29/h2-18,32H,19H2,1H3,(H,31,33)/b30-18-. The summed E-state index contributed by atoms with van der Waals surface area (Å²) in [6.45, 7) is 0.392. The first-order valence-electron chi connectivity index (χ1n) is 11.4. The SMILES string of the molecule is COc1cc(/C=N\NC(=O)c2cccc(S(=O)(=O)Nc3ccccc3Cl)c2)ccc1OCc1ccccc1. The van der Waals surface area contributed by atoms with Gasteiger partial charge in [-0.25, -0.2) is 13.8 Å². The van der Waals surface area contributed by atoms with Crippen molar-refractivity contribution >= 4 is 39.4 Å². The Morgan fingerprint density at radius 3 is 2.45 bits per heavy atom.